The highest BCUT2D eigenvalue weighted by atomic mass is 32.2. The fraction of sp³-hybridized carbons (Fsp3) is 0.393. The smallest absolute Gasteiger partial charge is 0.363 e. The number of nitrogens with zero attached hydrogens (tertiary/aromatic N) is 3. The highest BCUT2D eigenvalue weighted by molar-refractivity contribution is 7.92. The number of sulfonamides is 1. The van der Waals surface area contributed by atoms with E-state index in [0.717, 1.165) is 11.9 Å². The van der Waals surface area contributed by atoms with Crippen LogP contribution in [0.25, 0.3) is 0 Å². The molecule has 2 N–H and O–H groups in total. The van der Waals surface area contributed by atoms with E-state index in [1.165, 1.54) is 26.2 Å². The molecule has 0 aliphatic carbocycles. The van der Waals surface area contributed by atoms with Crippen molar-refractivity contribution in [1.29, 1.82) is 0 Å². The normalized spacial score (nSPS) is 15.9. The monoisotopic (exact) mass is 586 g/mol. The summed E-state index contributed by atoms with van der Waals surface area (Å²) < 4.78 is 52.2. The van der Waals surface area contributed by atoms with Crippen molar-refractivity contribution in [3.05, 3.63) is 60.4 Å². The number of rotatable bonds is 10. The predicted molar refractivity (Wildman–Crippen MR) is 150 cm³/mol. The summed E-state index contributed by atoms with van der Waals surface area (Å²) in [6.07, 6.45) is 1.06. The summed E-state index contributed by atoms with van der Waals surface area (Å²) in [7, 11) is -2.70. The lowest BCUT2D eigenvalue weighted by molar-refractivity contribution is -0.180. The molecular formula is C28H34N4O8S. The lowest BCUT2D eigenvalue weighted by Gasteiger charge is -2.39. The fourth-order valence-corrected chi connectivity index (χ4v) is 5.16. The Hall–Kier alpha value is -3.94. The molecule has 1 saturated heterocycles. The molecule has 1 fully saturated rings. The third kappa shape index (κ3) is 6.69. The lowest BCUT2D eigenvalue weighted by Crippen LogP contribution is -2.60. The maximum atomic E-state index is 13.4. The average molecular weight is 587 g/mol. The molecule has 220 valence electrons. The van der Waals surface area contributed by atoms with Gasteiger partial charge in [-0.25, -0.2) is 18.2 Å². The van der Waals surface area contributed by atoms with Crippen LogP contribution < -0.4 is 18.9 Å². The summed E-state index contributed by atoms with van der Waals surface area (Å²) in [6.45, 7) is 8.69. The van der Waals surface area contributed by atoms with Crippen molar-refractivity contribution in [2.75, 3.05) is 38.1 Å². The Morgan fingerprint density at radius 1 is 1.00 bits per heavy atom. The minimum atomic E-state index is -4.15. The molecule has 13 heteroatoms. The van der Waals surface area contributed by atoms with Gasteiger partial charge in [-0.15, -0.1) is 0 Å². The van der Waals surface area contributed by atoms with Gasteiger partial charge in [0.15, 0.2) is 17.3 Å². The predicted octanol–water partition coefficient (Wildman–Crippen LogP) is 3.89. The highest BCUT2D eigenvalue weighted by Crippen LogP contribution is 2.41. The second kappa shape index (κ2) is 11.9. The fourth-order valence-electron chi connectivity index (χ4n) is 4.15. The Balaban J connectivity index is 1.77. The second-order valence-corrected chi connectivity index (χ2v) is 12.2. The first-order valence-electron chi connectivity index (χ1n) is 12.9. The maximum Gasteiger partial charge on any atom is 0.363 e. The van der Waals surface area contributed by atoms with Crippen molar-refractivity contribution in [3.8, 4) is 23.1 Å². The van der Waals surface area contributed by atoms with Gasteiger partial charge < -0.3 is 24.1 Å². The number of hydrogen-bond acceptors (Lipinski definition) is 10. The van der Waals surface area contributed by atoms with Crippen LogP contribution in [0.2, 0.25) is 0 Å². The van der Waals surface area contributed by atoms with E-state index in [0.29, 0.717) is 32.1 Å². The Morgan fingerprint density at radius 2 is 1.63 bits per heavy atom. The average Bonchev–Trinajstić information content (AvgIpc) is 2.94. The standard InChI is InChI=1S/C28H34N4O8S/c1-27(2,3)19-10-12-20(13-11-19)41(35,36)31-24-23(39-22-9-7-6-8-21(22)37-5)25(30-18-29-24)40-28(4,26(33)34)32-14-16-38-17-15-32/h6-13,18H,14-17H2,1-5H3,(H,33,34)(H,29,30,31). The van der Waals surface area contributed by atoms with Crippen LogP contribution in [0.3, 0.4) is 0 Å². The first kappa shape index (κ1) is 30.0. The van der Waals surface area contributed by atoms with Crippen LogP contribution >= 0.6 is 0 Å². The number of methoxy groups -OCH3 is 1. The molecule has 12 nitrogen and oxygen atoms in total. The quantitative estimate of drug-likeness (QED) is 0.356. The Labute approximate surface area is 239 Å². The molecule has 2 heterocycles. The molecule has 1 atom stereocenters. The van der Waals surface area contributed by atoms with E-state index >= 15 is 0 Å². The van der Waals surface area contributed by atoms with Crippen LogP contribution in [0.15, 0.2) is 59.8 Å². The van der Waals surface area contributed by atoms with E-state index in [9.17, 15) is 18.3 Å². The second-order valence-electron chi connectivity index (χ2n) is 10.5. The van der Waals surface area contributed by atoms with E-state index in [-0.39, 0.29) is 33.5 Å². The third-order valence-corrected chi connectivity index (χ3v) is 7.98. The van der Waals surface area contributed by atoms with E-state index in [2.05, 4.69) is 14.7 Å². The summed E-state index contributed by atoms with van der Waals surface area (Å²) in [4.78, 5) is 22.3. The minimum absolute atomic E-state index is 0.00138. The number of aliphatic carboxylic acids is 1. The number of carboxylic acids is 1. The molecule has 0 bridgehead atoms. The number of carbonyl (C=O) groups is 1. The highest BCUT2D eigenvalue weighted by Gasteiger charge is 2.44. The molecular weight excluding hydrogens is 552 g/mol. The minimum Gasteiger partial charge on any atom is -0.493 e. The molecule has 0 radical (unpaired) electrons. The van der Waals surface area contributed by atoms with Crippen LogP contribution in [0.1, 0.15) is 33.3 Å². The Kier molecular flexibility index (Phi) is 8.71. The van der Waals surface area contributed by atoms with Crippen molar-refractivity contribution in [3.63, 3.8) is 0 Å². The third-order valence-electron chi connectivity index (χ3n) is 6.62. The molecule has 1 aliphatic rings. The summed E-state index contributed by atoms with van der Waals surface area (Å²) in [5.74, 6) is -1.52. The molecule has 0 saturated carbocycles. The lowest BCUT2D eigenvalue weighted by atomic mass is 9.87. The van der Waals surface area contributed by atoms with E-state index in [4.69, 9.17) is 18.9 Å². The van der Waals surface area contributed by atoms with Crippen molar-refractivity contribution in [1.82, 2.24) is 14.9 Å². The number of benzene rings is 2. The first-order valence-corrected chi connectivity index (χ1v) is 14.4. The number of ether oxygens (including phenoxy) is 4. The Bertz CT molecular complexity index is 1490. The number of nitrogens with one attached hydrogen (secondary N) is 1. The molecule has 41 heavy (non-hydrogen) atoms. The maximum absolute atomic E-state index is 13.4. The molecule has 2 aromatic carbocycles. The van der Waals surface area contributed by atoms with Gasteiger partial charge in [0.25, 0.3) is 21.6 Å². The summed E-state index contributed by atoms with van der Waals surface area (Å²) in [5.41, 5.74) is -1.08. The van der Waals surface area contributed by atoms with Crippen LogP contribution in [0.5, 0.6) is 23.1 Å². The van der Waals surface area contributed by atoms with E-state index in [1.54, 1.807) is 41.3 Å². The van der Waals surface area contributed by atoms with Gasteiger partial charge in [0.05, 0.1) is 25.2 Å². The van der Waals surface area contributed by atoms with Crippen molar-refractivity contribution < 1.29 is 37.3 Å². The topological polar surface area (TPSA) is 149 Å². The number of aromatic nitrogens is 2. The van der Waals surface area contributed by atoms with Crippen LogP contribution in [-0.4, -0.2) is 73.5 Å². The number of hydrogen-bond donors (Lipinski definition) is 2. The molecule has 3 aromatic rings. The molecule has 0 spiro atoms. The van der Waals surface area contributed by atoms with Crippen molar-refractivity contribution >= 4 is 21.8 Å². The number of carboxylic acid groups (broad SMARTS) is 1. The summed E-state index contributed by atoms with van der Waals surface area (Å²) >= 11 is 0. The van der Waals surface area contributed by atoms with E-state index < -0.39 is 21.7 Å². The molecule has 1 aromatic heterocycles. The van der Waals surface area contributed by atoms with Crippen molar-refractivity contribution in [2.24, 2.45) is 0 Å². The van der Waals surface area contributed by atoms with Gasteiger partial charge in [-0.1, -0.05) is 45.0 Å². The molecule has 1 aliphatic heterocycles. The molecule has 1 unspecified atom stereocenters. The SMILES string of the molecule is COc1ccccc1Oc1c(NS(=O)(=O)c2ccc(C(C)(C)C)cc2)ncnc1OC(C)(C(=O)O)N1CCOCC1. The summed E-state index contributed by atoms with van der Waals surface area (Å²) in [5, 5.41) is 10.2. The zero-order valence-corrected chi connectivity index (χ0v) is 24.4. The van der Waals surface area contributed by atoms with Gasteiger partial charge in [0.1, 0.15) is 6.33 Å². The summed E-state index contributed by atoms with van der Waals surface area (Å²) in [6, 6.07) is 13.2. The largest absolute Gasteiger partial charge is 0.493 e. The van der Waals surface area contributed by atoms with E-state index in [1.807, 2.05) is 20.8 Å². The van der Waals surface area contributed by atoms with Gasteiger partial charge in [-0.05, 0) is 35.2 Å². The van der Waals surface area contributed by atoms with Gasteiger partial charge in [-0.2, -0.15) is 4.98 Å². The number of anilines is 1. The van der Waals surface area contributed by atoms with Crippen LogP contribution in [0, 0.1) is 0 Å². The van der Waals surface area contributed by atoms with Crippen molar-refractivity contribution in [2.45, 2.75) is 43.7 Å². The van der Waals surface area contributed by atoms with Gasteiger partial charge in [0, 0.05) is 20.0 Å². The molecule has 0 amide bonds. The number of para-hydroxylation sites is 2. The van der Waals surface area contributed by atoms with Crippen LogP contribution in [-0.2, 0) is 25.0 Å². The Morgan fingerprint density at radius 3 is 2.22 bits per heavy atom. The van der Waals surface area contributed by atoms with Gasteiger partial charge in [0.2, 0.25) is 5.75 Å². The first-order chi connectivity index (χ1) is 19.3. The molecule has 4 rings (SSSR count). The zero-order valence-electron chi connectivity index (χ0n) is 23.6. The number of morpholine rings is 1. The van der Waals surface area contributed by atoms with Gasteiger partial charge in [-0.3, -0.25) is 9.62 Å². The zero-order chi connectivity index (χ0) is 29.8. The van der Waals surface area contributed by atoms with Gasteiger partial charge >= 0.3 is 5.97 Å². The van der Waals surface area contributed by atoms with Crippen LogP contribution in [0.4, 0.5) is 5.82 Å².